The molecule has 1 unspecified atom stereocenters. The van der Waals surface area contributed by atoms with E-state index >= 15 is 0 Å². The van der Waals surface area contributed by atoms with Gasteiger partial charge in [0.2, 0.25) is 17.7 Å². The van der Waals surface area contributed by atoms with Gasteiger partial charge >= 0.3 is 0 Å². The lowest BCUT2D eigenvalue weighted by atomic mass is 10.0. The van der Waals surface area contributed by atoms with Gasteiger partial charge in [0.15, 0.2) is 0 Å². The van der Waals surface area contributed by atoms with Gasteiger partial charge in [0.05, 0.1) is 30.0 Å². The van der Waals surface area contributed by atoms with Crippen molar-refractivity contribution in [3.63, 3.8) is 0 Å². The molecule has 0 radical (unpaired) electrons. The third-order valence-electron chi connectivity index (χ3n) is 4.96. The van der Waals surface area contributed by atoms with Gasteiger partial charge in [-0.1, -0.05) is 6.07 Å². The number of ether oxygens (including phenoxy) is 1. The largest absolute Gasteiger partial charge is 0.379 e. The SMILES string of the molecule is Cl.NCCOCCNCCC(=O)Nc1cccc2c1C(=O)N(C1CCC(=O)NC1=O)C2=O. The number of benzene rings is 1. The van der Waals surface area contributed by atoms with Gasteiger partial charge in [-0.05, 0) is 18.6 Å². The van der Waals surface area contributed by atoms with E-state index in [2.05, 4.69) is 16.0 Å². The first-order valence-electron chi connectivity index (χ1n) is 10.1. The van der Waals surface area contributed by atoms with Crippen molar-refractivity contribution in [3.8, 4) is 0 Å². The van der Waals surface area contributed by atoms with Crippen molar-refractivity contribution in [3.05, 3.63) is 29.3 Å². The number of nitrogens with two attached hydrogens (primary N) is 1. The minimum atomic E-state index is -1.06. The maximum absolute atomic E-state index is 13.0. The second-order valence-electron chi connectivity index (χ2n) is 7.12. The monoisotopic (exact) mass is 467 g/mol. The first kappa shape index (κ1) is 25.4. The van der Waals surface area contributed by atoms with Crippen molar-refractivity contribution >= 4 is 47.6 Å². The average Bonchev–Trinajstić information content (AvgIpc) is 2.99. The van der Waals surface area contributed by atoms with Crippen molar-refractivity contribution in [2.24, 2.45) is 5.73 Å². The van der Waals surface area contributed by atoms with Crippen molar-refractivity contribution in [2.75, 3.05) is 38.2 Å². The van der Waals surface area contributed by atoms with Crippen LogP contribution in [0.4, 0.5) is 5.69 Å². The van der Waals surface area contributed by atoms with Crippen LogP contribution in [0.2, 0.25) is 0 Å². The number of piperidine rings is 1. The molecule has 5 amide bonds. The second kappa shape index (κ2) is 11.7. The molecule has 2 aliphatic heterocycles. The van der Waals surface area contributed by atoms with Gasteiger partial charge in [-0.15, -0.1) is 12.4 Å². The number of rotatable bonds is 10. The van der Waals surface area contributed by atoms with E-state index in [1.54, 1.807) is 6.07 Å². The molecule has 3 rings (SSSR count). The molecule has 12 heteroatoms. The minimum Gasteiger partial charge on any atom is -0.379 e. The molecule has 2 aliphatic rings. The van der Waals surface area contributed by atoms with Gasteiger partial charge in [0, 0.05) is 32.5 Å². The van der Waals surface area contributed by atoms with E-state index in [0.717, 1.165) is 4.90 Å². The third-order valence-corrected chi connectivity index (χ3v) is 4.96. The predicted octanol–water partition coefficient (Wildman–Crippen LogP) is -0.597. The first-order chi connectivity index (χ1) is 14.9. The molecular weight excluding hydrogens is 442 g/mol. The summed E-state index contributed by atoms with van der Waals surface area (Å²) in [7, 11) is 0. The van der Waals surface area contributed by atoms with E-state index in [4.69, 9.17) is 10.5 Å². The number of hydrogen-bond donors (Lipinski definition) is 4. The third kappa shape index (κ3) is 5.68. The van der Waals surface area contributed by atoms with Crippen LogP contribution >= 0.6 is 12.4 Å². The van der Waals surface area contributed by atoms with Crippen LogP contribution in [0.5, 0.6) is 0 Å². The highest BCUT2D eigenvalue weighted by Gasteiger charge is 2.45. The van der Waals surface area contributed by atoms with Gasteiger partial charge in [0.1, 0.15) is 6.04 Å². The summed E-state index contributed by atoms with van der Waals surface area (Å²) in [6.45, 7) is 2.39. The Labute approximate surface area is 190 Å². The van der Waals surface area contributed by atoms with Crippen LogP contribution in [-0.2, 0) is 19.1 Å². The van der Waals surface area contributed by atoms with E-state index in [9.17, 15) is 24.0 Å². The number of amides is 5. The van der Waals surface area contributed by atoms with E-state index in [-0.39, 0.29) is 54.4 Å². The Hall–Kier alpha value is -2.86. The lowest BCUT2D eigenvalue weighted by molar-refractivity contribution is -0.136. The summed E-state index contributed by atoms with van der Waals surface area (Å²) in [5.74, 6) is -2.74. The van der Waals surface area contributed by atoms with Crippen LogP contribution < -0.4 is 21.7 Å². The molecular formula is C20H26ClN5O6. The average molecular weight is 468 g/mol. The summed E-state index contributed by atoms with van der Waals surface area (Å²) in [6, 6.07) is 3.50. The highest BCUT2D eigenvalue weighted by atomic mass is 35.5. The molecule has 0 aromatic heterocycles. The summed E-state index contributed by atoms with van der Waals surface area (Å²) >= 11 is 0. The Balaban J connectivity index is 0.00000363. The van der Waals surface area contributed by atoms with Crippen LogP contribution in [0, 0.1) is 0 Å². The summed E-state index contributed by atoms with van der Waals surface area (Å²) in [5, 5.41) is 7.87. The maximum atomic E-state index is 13.0. The zero-order valence-corrected chi connectivity index (χ0v) is 18.2. The van der Waals surface area contributed by atoms with Crippen molar-refractivity contribution < 1.29 is 28.7 Å². The quantitative estimate of drug-likeness (QED) is 0.262. The lowest BCUT2D eigenvalue weighted by Crippen LogP contribution is -2.54. The van der Waals surface area contributed by atoms with Crippen molar-refractivity contribution in [2.45, 2.75) is 25.3 Å². The Morgan fingerprint density at radius 1 is 1.16 bits per heavy atom. The summed E-state index contributed by atoms with van der Waals surface area (Å²) in [5.41, 5.74) is 5.70. The number of imide groups is 2. The summed E-state index contributed by atoms with van der Waals surface area (Å²) in [6.07, 6.45) is 0.260. The van der Waals surface area contributed by atoms with Gasteiger partial charge in [-0.25, -0.2) is 0 Å². The molecule has 1 aromatic rings. The molecule has 5 N–H and O–H groups in total. The fourth-order valence-electron chi connectivity index (χ4n) is 3.49. The highest BCUT2D eigenvalue weighted by molar-refractivity contribution is 6.26. The normalized spacial score (nSPS) is 17.7. The number of carbonyl (C=O) groups is 5. The molecule has 11 nitrogen and oxygen atoms in total. The zero-order chi connectivity index (χ0) is 22.4. The number of halogens is 1. The fourth-order valence-corrected chi connectivity index (χ4v) is 3.49. The molecule has 0 spiro atoms. The number of anilines is 1. The van der Waals surface area contributed by atoms with Crippen LogP contribution in [0.3, 0.4) is 0 Å². The summed E-state index contributed by atoms with van der Waals surface area (Å²) < 4.78 is 5.22. The number of carbonyl (C=O) groups excluding carboxylic acids is 5. The minimum absolute atomic E-state index is 0. The van der Waals surface area contributed by atoms with Crippen molar-refractivity contribution in [1.29, 1.82) is 0 Å². The predicted molar refractivity (Wildman–Crippen MR) is 116 cm³/mol. The molecule has 1 atom stereocenters. The molecule has 1 saturated heterocycles. The standard InChI is InChI=1S/C20H25N5O6.ClH/c21-7-10-31-11-9-22-8-6-16(27)23-13-3-1-2-12-17(13)20(30)25(19(12)29)14-4-5-15(26)24-18(14)28;/h1-3,14,22H,4-11,21H2,(H,23,27)(H,24,26,28);1H. The number of hydrogen-bond acceptors (Lipinski definition) is 8. The molecule has 1 fully saturated rings. The second-order valence-corrected chi connectivity index (χ2v) is 7.12. The number of nitrogens with one attached hydrogen (secondary N) is 3. The van der Waals surface area contributed by atoms with Crippen LogP contribution in [0.15, 0.2) is 18.2 Å². The Morgan fingerprint density at radius 2 is 1.94 bits per heavy atom. The van der Waals surface area contributed by atoms with E-state index in [1.165, 1.54) is 12.1 Å². The van der Waals surface area contributed by atoms with Crippen LogP contribution in [-0.4, -0.2) is 73.3 Å². The topological polar surface area (TPSA) is 160 Å². The number of nitrogens with zero attached hydrogens (tertiary/aromatic N) is 1. The van der Waals surface area contributed by atoms with Gasteiger partial charge in [0.25, 0.3) is 11.8 Å². The molecule has 32 heavy (non-hydrogen) atoms. The Bertz CT molecular complexity index is 908. The van der Waals surface area contributed by atoms with E-state index in [0.29, 0.717) is 32.8 Å². The maximum Gasteiger partial charge on any atom is 0.264 e. The molecule has 2 heterocycles. The Kier molecular flexibility index (Phi) is 9.27. The molecule has 1 aromatic carbocycles. The van der Waals surface area contributed by atoms with Gasteiger partial charge < -0.3 is 21.1 Å². The van der Waals surface area contributed by atoms with Crippen LogP contribution in [0.1, 0.15) is 40.0 Å². The summed E-state index contributed by atoms with van der Waals surface area (Å²) in [4.78, 5) is 62.5. The molecule has 174 valence electrons. The van der Waals surface area contributed by atoms with Crippen LogP contribution in [0.25, 0.3) is 0 Å². The van der Waals surface area contributed by atoms with Gasteiger partial charge in [-0.2, -0.15) is 0 Å². The molecule has 0 bridgehead atoms. The smallest absolute Gasteiger partial charge is 0.264 e. The first-order valence-corrected chi connectivity index (χ1v) is 10.1. The van der Waals surface area contributed by atoms with Gasteiger partial charge in [-0.3, -0.25) is 34.2 Å². The van der Waals surface area contributed by atoms with E-state index in [1.807, 2.05) is 0 Å². The molecule has 0 saturated carbocycles. The lowest BCUT2D eigenvalue weighted by Gasteiger charge is -2.27. The van der Waals surface area contributed by atoms with E-state index < -0.39 is 29.7 Å². The van der Waals surface area contributed by atoms with Crippen molar-refractivity contribution in [1.82, 2.24) is 15.5 Å². The highest BCUT2D eigenvalue weighted by Crippen LogP contribution is 2.32. The molecule has 0 aliphatic carbocycles. The fraction of sp³-hybridized carbons (Fsp3) is 0.450. The Morgan fingerprint density at radius 3 is 2.66 bits per heavy atom. The zero-order valence-electron chi connectivity index (χ0n) is 17.3. The number of fused-ring (bicyclic) bond motifs is 1.